The molecular formula is C12H19N3O2. The van der Waals surface area contributed by atoms with Crippen LogP contribution in [0.25, 0.3) is 0 Å². The van der Waals surface area contributed by atoms with Crippen molar-refractivity contribution in [1.29, 1.82) is 0 Å². The molecule has 0 heterocycles. The molecule has 2 amide bonds. The van der Waals surface area contributed by atoms with Gasteiger partial charge in [-0.05, 0) is 43.0 Å². The van der Waals surface area contributed by atoms with Gasteiger partial charge in [0.2, 0.25) is 0 Å². The number of amides is 2. The Labute approximate surface area is 101 Å². The Morgan fingerprint density at radius 3 is 2.65 bits per heavy atom. The third-order valence-corrected chi connectivity index (χ3v) is 2.88. The maximum atomic E-state index is 10.9. The SMILES string of the molecule is COc1ccc(CCNC(=O)NN)c(C)c1C. The van der Waals surface area contributed by atoms with Crippen LogP contribution in [0.2, 0.25) is 0 Å². The van der Waals surface area contributed by atoms with Crippen molar-refractivity contribution in [2.24, 2.45) is 5.84 Å². The number of urea groups is 1. The van der Waals surface area contributed by atoms with E-state index in [1.165, 1.54) is 11.1 Å². The van der Waals surface area contributed by atoms with E-state index in [4.69, 9.17) is 10.6 Å². The first-order chi connectivity index (χ1) is 8.10. The average Bonchev–Trinajstić information content (AvgIpc) is 2.34. The van der Waals surface area contributed by atoms with Crippen LogP contribution < -0.4 is 21.3 Å². The first-order valence-electron chi connectivity index (χ1n) is 5.47. The molecule has 0 spiro atoms. The largest absolute Gasteiger partial charge is 0.496 e. The van der Waals surface area contributed by atoms with Crippen LogP contribution in [-0.2, 0) is 6.42 Å². The number of rotatable bonds is 4. The lowest BCUT2D eigenvalue weighted by Crippen LogP contribution is -2.40. The van der Waals surface area contributed by atoms with E-state index in [9.17, 15) is 4.79 Å². The van der Waals surface area contributed by atoms with Crippen LogP contribution in [0.5, 0.6) is 5.75 Å². The highest BCUT2D eigenvalue weighted by Gasteiger charge is 2.06. The molecule has 0 unspecified atom stereocenters. The molecule has 0 aliphatic heterocycles. The van der Waals surface area contributed by atoms with Crippen molar-refractivity contribution < 1.29 is 9.53 Å². The summed E-state index contributed by atoms with van der Waals surface area (Å²) in [6.07, 6.45) is 0.768. The molecule has 0 fully saturated rings. The van der Waals surface area contributed by atoms with Gasteiger partial charge in [-0.25, -0.2) is 10.6 Å². The Morgan fingerprint density at radius 2 is 2.06 bits per heavy atom. The number of hydrogen-bond acceptors (Lipinski definition) is 3. The number of nitrogens with one attached hydrogen (secondary N) is 2. The fourth-order valence-corrected chi connectivity index (χ4v) is 1.71. The zero-order valence-electron chi connectivity index (χ0n) is 10.5. The van der Waals surface area contributed by atoms with Crippen molar-refractivity contribution in [1.82, 2.24) is 10.7 Å². The van der Waals surface area contributed by atoms with E-state index in [2.05, 4.69) is 12.2 Å². The first kappa shape index (κ1) is 13.3. The van der Waals surface area contributed by atoms with Gasteiger partial charge in [0.25, 0.3) is 0 Å². The summed E-state index contributed by atoms with van der Waals surface area (Å²) in [5, 5.41) is 2.65. The Morgan fingerprint density at radius 1 is 1.35 bits per heavy atom. The minimum Gasteiger partial charge on any atom is -0.496 e. The zero-order valence-corrected chi connectivity index (χ0v) is 10.5. The fourth-order valence-electron chi connectivity index (χ4n) is 1.71. The van der Waals surface area contributed by atoms with Crippen molar-refractivity contribution in [3.63, 3.8) is 0 Å². The van der Waals surface area contributed by atoms with E-state index in [1.54, 1.807) is 7.11 Å². The lowest BCUT2D eigenvalue weighted by Gasteiger charge is -2.12. The van der Waals surface area contributed by atoms with Crippen LogP contribution in [0.1, 0.15) is 16.7 Å². The van der Waals surface area contributed by atoms with Crippen LogP contribution in [-0.4, -0.2) is 19.7 Å². The van der Waals surface area contributed by atoms with Crippen molar-refractivity contribution in [2.75, 3.05) is 13.7 Å². The Kier molecular flexibility index (Phi) is 4.78. The molecule has 0 saturated carbocycles. The molecule has 1 aromatic rings. The molecule has 0 bridgehead atoms. The van der Waals surface area contributed by atoms with Crippen LogP contribution >= 0.6 is 0 Å². The molecule has 17 heavy (non-hydrogen) atoms. The van der Waals surface area contributed by atoms with Gasteiger partial charge in [-0.2, -0.15) is 0 Å². The molecule has 5 heteroatoms. The zero-order chi connectivity index (χ0) is 12.8. The first-order valence-corrected chi connectivity index (χ1v) is 5.47. The summed E-state index contributed by atoms with van der Waals surface area (Å²) >= 11 is 0. The molecule has 4 N–H and O–H groups in total. The number of hydrazine groups is 1. The van der Waals surface area contributed by atoms with Gasteiger partial charge in [0, 0.05) is 6.54 Å². The summed E-state index contributed by atoms with van der Waals surface area (Å²) in [5.74, 6) is 5.85. The fraction of sp³-hybridized carbons (Fsp3) is 0.417. The highest BCUT2D eigenvalue weighted by molar-refractivity contribution is 5.73. The summed E-state index contributed by atoms with van der Waals surface area (Å²) < 4.78 is 5.24. The standard InChI is InChI=1S/C12H19N3O2/c1-8-9(2)11(17-3)5-4-10(8)6-7-14-12(16)15-13/h4-5H,6-7,13H2,1-3H3,(H2,14,15,16). The molecule has 0 radical (unpaired) electrons. The number of hydrogen-bond donors (Lipinski definition) is 3. The van der Waals surface area contributed by atoms with Crippen LogP contribution in [0.15, 0.2) is 12.1 Å². The van der Waals surface area contributed by atoms with E-state index in [0.29, 0.717) is 6.54 Å². The van der Waals surface area contributed by atoms with E-state index in [-0.39, 0.29) is 6.03 Å². The monoisotopic (exact) mass is 237 g/mol. The van der Waals surface area contributed by atoms with E-state index in [1.807, 2.05) is 24.5 Å². The normalized spacial score (nSPS) is 9.88. The molecule has 1 aromatic carbocycles. The van der Waals surface area contributed by atoms with Crippen molar-refractivity contribution in [3.8, 4) is 5.75 Å². The van der Waals surface area contributed by atoms with E-state index in [0.717, 1.165) is 17.7 Å². The molecule has 0 atom stereocenters. The minimum atomic E-state index is -0.368. The number of benzene rings is 1. The highest BCUT2D eigenvalue weighted by atomic mass is 16.5. The van der Waals surface area contributed by atoms with Crippen molar-refractivity contribution in [3.05, 3.63) is 28.8 Å². The molecule has 1 rings (SSSR count). The summed E-state index contributed by atoms with van der Waals surface area (Å²) in [7, 11) is 1.66. The quantitative estimate of drug-likeness (QED) is 0.416. The van der Waals surface area contributed by atoms with Crippen LogP contribution in [0.3, 0.4) is 0 Å². The maximum absolute atomic E-state index is 10.9. The molecule has 94 valence electrons. The van der Waals surface area contributed by atoms with Crippen LogP contribution in [0.4, 0.5) is 4.79 Å². The highest BCUT2D eigenvalue weighted by Crippen LogP contribution is 2.23. The lowest BCUT2D eigenvalue weighted by molar-refractivity contribution is 0.241. The second-order valence-electron chi connectivity index (χ2n) is 3.83. The second-order valence-corrected chi connectivity index (χ2v) is 3.83. The van der Waals surface area contributed by atoms with E-state index < -0.39 is 0 Å². The van der Waals surface area contributed by atoms with Gasteiger partial charge in [-0.3, -0.25) is 5.43 Å². The van der Waals surface area contributed by atoms with Crippen molar-refractivity contribution in [2.45, 2.75) is 20.3 Å². The molecule has 5 nitrogen and oxygen atoms in total. The van der Waals surface area contributed by atoms with Crippen molar-refractivity contribution >= 4 is 6.03 Å². The number of nitrogens with two attached hydrogens (primary N) is 1. The van der Waals surface area contributed by atoms with Gasteiger partial charge in [0.1, 0.15) is 5.75 Å². The predicted molar refractivity (Wildman–Crippen MR) is 66.9 cm³/mol. The number of methoxy groups -OCH3 is 1. The Bertz CT molecular complexity index is 405. The van der Waals surface area contributed by atoms with Crippen LogP contribution in [0, 0.1) is 13.8 Å². The van der Waals surface area contributed by atoms with Gasteiger partial charge in [0.05, 0.1) is 7.11 Å². The molecule has 0 saturated heterocycles. The maximum Gasteiger partial charge on any atom is 0.328 e. The summed E-state index contributed by atoms with van der Waals surface area (Å²) in [5.41, 5.74) is 5.55. The summed E-state index contributed by atoms with van der Waals surface area (Å²) in [6.45, 7) is 4.63. The predicted octanol–water partition coefficient (Wildman–Crippen LogP) is 1.03. The number of carbonyl (C=O) groups is 1. The van der Waals surface area contributed by atoms with Gasteiger partial charge in [0.15, 0.2) is 0 Å². The molecule has 0 aromatic heterocycles. The van der Waals surface area contributed by atoms with E-state index >= 15 is 0 Å². The topological polar surface area (TPSA) is 76.4 Å². The molecule has 0 aliphatic carbocycles. The van der Waals surface area contributed by atoms with Gasteiger partial charge in [-0.15, -0.1) is 0 Å². The number of ether oxygens (including phenoxy) is 1. The van der Waals surface area contributed by atoms with Gasteiger partial charge < -0.3 is 10.1 Å². The third kappa shape index (κ3) is 3.35. The summed E-state index contributed by atoms with van der Waals surface area (Å²) in [4.78, 5) is 10.9. The Balaban J connectivity index is 2.66. The molecular weight excluding hydrogens is 218 g/mol. The Hall–Kier alpha value is -1.75. The lowest BCUT2D eigenvalue weighted by atomic mass is 10.00. The van der Waals surface area contributed by atoms with Gasteiger partial charge >= 0.3 is 6.03 Å². The average molecular weight is 237 g/mol. The third-order valence-electron chi connectivity index (χ3n) is 2.88. The molecule has 0 aliphatic rings. The minimum absolute atomic E-state index is 0.368. The second kappa shape index (κ2) is 6.10. The number of carbonyl (C=O) groups excluding carboxylic acids is 1. The smallest absolute Gasteiger partial charge is 0.328 e. The summed E-state index contributed by atoms with van der Waals surface area (Å²) in [6, 6.07) is 3.59. The van der Waals surface area contributed by atoms with Gasteiger partial charge in [-0.1, -0.05) is 6.07 Å².